The summed E-state index contributed by atoms with van der Waals surface area (Å²) in [6.07, 6.45) is 0.959. The van der Waals surface area contributed by atoms with Crippen LogP contribution in [0.1, 0.15) is 30.6 Å². The normalized spacial score (nSPS) is 23.5. The number of rotatable bonds is 3. The summed E-state index contributed by atoms with van der Waals surface area (Å²) < 4.78 is 26.9. The van der Waals surface area contributed by atoms with Crippen LogP contribution in [-0.4, -0.2) is 36.9 Å². The van der Waals surface area contributed by atoms with Crippen molar-refractivity contribution in [3.05, 3.63) is 27.7 Å². The van der Waals surface area contributed by atoms with Crippen molar-refractivity contribution in [3.8, 4) is 0 Å². The summed E-state index contributed by atoms with van der Waals surface area (Å²) in [5.41, 5.74) is -0.275. The zero-order chi connectivity index (χ0) is 16.7. The third-order valence-electron chi connectivity index (χ3n) is 3.71. The molecule has 0 bridgehead atoms. The van der Waals surface area contributed by atoms with Gasteiger partial charge in [-0.1, -0.05) is 37.0 Å². The van der Waals surface area contributed by atoms with Gasteiger partial charge in [0.2, 0.25) is 10.0 Å². The van der Waals surface area contributed by atoms with E-state index in [0.29, 0.717) is 13.1 Å². The molecular weight excluding hydrogens is 349 g/mol. The van der Waals surface area contributed by atoms with E-state index in [9.17, 15) is 13.2 Å². The Morgan fingerprint density at radius 2 is 1.73 bits per heavy atom. The molecule has 1 N–H and O–H groups in total. The number of hydrogen-bond donors (Lipinski definition) is 1. The Morgan fingerprint density at radius 1 is 1.18 bits per heavy atom. The standard InChI is InChI=1S/C14H17Cl2NO4S/c1-8-3-9(2)7-17(6-8)22(20,21)13-4-10(14(18)19)11(15)5-12(13)16/h4-5,8-9H,3,6-7H2,1-2H3,(H,18,19). The van der Waals surface area contributed by atoms with Crippen LogP contribution in [0.3, 0.4) is 0 Å². The van der Waals surface area contributed by atoms with Crippen LogP contribution in [0.2, 0.25) is 10.0 Å². The van der Waals surface area contributed by atoms with Gasteiger partial charge in [-0.25, -0.2) is 13.2 Å². The highest BCUT2D eigenvalue weighted by Crippen LogP contribution is 2.33. The van der Waals surface area contributed by atoms with Crippen LogP contribution >= 0.6 is 23.2 Å². The summed E-state index contributed by atoms with van der Waals surface area (Å²) in [5, 5.41) is 8.95. The van der Waals surface area contributed by atoms with Gasteiger partial charge in [-0.2, -0.15) is 4.31 Å². The Kier molecular flexibility index (Phi) is 5.06. The molecule has 0 aliphatic carbocycles. The SMILES string of the molecule is CC1CC(C)CN(S(=O)(=O)c2cc(C(=O)O)c(Cl)cc2Cl)C1. The van der Waals surface area contributed by atoms with E-state index in [4.69, 9.17) is 28.3 Å². The topological polar surface area (TPSA) is 74.7 Å². The lowest BCUT2D eigenvalue weighted by atomic mass is 9.94. The van der Waals surface area contributed by atoms with Gasteiger partial charge in [0.1, 0.15) is 4.90 Å². The van der Waals surface area contributed by atoms with E-state index in [1.165, 1.54) is 4.31 Å². The van der Waals surface area contributed by atoms with Gasteiger partial charge in [0.25, 0.3) is 0 Å². The van der Waals surface area contributed by atoms with E-state index in [1.54, 1.807) is 0 Å². The summed E-state index contributed by atoms with van der Waals surface area (Å²) in [6, 6.07) is 2.20. The van der Waals surface area contributed by atoms with E-state index in [1.807, 2.05) is 13.8 Å². The number of carbonyl (C=O) groups is 1. The summed E-state index contributed by atoms with van der Waals surface area (Å²) in [6.45, 7) is 4.77. The first-order valence-electron chi connectivity index (χ1n) is 6.85. The third kappa shape index (κ3) is 3.40. The average molecular weight is 366 g/mol. The van der Waals surface area contributed by atoms with Crippen molar-refractivity contribution < 1.29 is 18.3 Å². The van der Waals surface area contributed by atoms with Gasteiger partial charge in [-0.15, -0.1) is 0 Å². The van der Waals surface area contributed by atoms with Gasteiger partial charge in [-0.3, -0.25) is 0 Å². The quantitative estimate of drug-likeness (QED) is 0.890. The number of halogens is 2. The monoisotopic (exact) mass is 365 g/mol. The van der Waals surface area contributed by atoms with Crippen molar-refractivity contribution in [2.75, 3.05) is 13.1 Å². The predicted molar refractivity (Wildman–Crippen MR) is 85.1 cm³/mol. The number of aromatic carboxylic acids is 1. The number of hydrogen-bond acceptors (Lipinski definition) is 3. The molecule has 22 heavy (non-hydrogen) atoms. The molecule has 0 saturated carbocycles. The van der Waals surface area contributed by atoms with E-state index < -0.39 is 16.0 Å². The van der Waals surface area contributed by atoms with Crippen molar-refractivity contribution in [2.45, 2.75) is 25.2 Å². The fraction of sp³-hybridized carbons (Fsp3) is 0.500. The highest BCUT2D eigenvalue weighted by Gasteiger charge is 2.33. The van der Waals surface area contributed by atoms with Gasteiger partial charge < -0.3 is 5.11 Å². The van der Waals surface area contributed by atoms with Crippen LogP contribution in [-0.2, 0) is 10.0 Å². The number of benzene rings is 1. The second-order valence-corrected chi connectivity index (χ2v) is 8.56. The maximum atomic E-state index is 12.8. The minimum absolute atomic E-state index is 0.0686. The van der Waals surface area contributed by atoms with Crippen LogP contribution in [0, 0.1) is 11.8 Å². The Morgan fingerprint density at radius 3 is 2.23 bits per heavy atom. The van der Waals surface area contributed by atoms with E-state index in [-0.39, 0.29) is 32.3 Å². The van der Waals surface area contributed by atoms with E-state index in [2.05, 4.69) is 0 Å². The Labute approximate surface area is 139 Å². The molecule has 0 spiro atoms. The van der Waals surface area contributed by atoms with Crippen molar-refractivity contribution in [1.82, 2.24) is 4.31 Å². The fourth-order valence-corrected chi connectivity index (χ4v) is 5.34. The number of carboxylic acids is 1. The van der Waals surface area contributed by atoms with E-state index >= 15 is 0 Å². The first kappa shape index (κ1) is 17.5. The molecule has 2 rings (SSSR count). The molecule has 1 aliphatic rings. The van der Waals surface area contributed by atoms with Gasteiger partial charge in [0.05, 0.1) is 15.6 Å². The summed E-state index contributed by atoms with van der Waals surface area (Å²) in [4.78, 5) is 10.9. The number of carboxylic acid groups (broad SMARTS) is 1. The molecule has 1 saturated heterocycles. The van der Waals surface area contributed by atoms with Gasteiger partial charge in [0.15, 0.2) is 0 Å². The fourth-order valence-electron chi connectivity index (χ4n) is 2.83. The van der Waals surface area contributed by atoms with Crippen molar-refractivity contribution >= 4 is 39.2 Å². The molecule has 2 unspecified atom stereocenters. The lowest BCUT2D eigenvalue weighted by Crippen LogP contribution is -2.42. The molecule has 1 fully saturated rings. The average Bonchev–Trinajstić information content (AvgIpc) is 2.36. The molecule has 1 heterocycles. The van der Waals surface area contributed by atoms with Crippen molar-refractivity contribution in [2.24, 2.45) is 11.8 Å². The third-order valence-corrected chi connectivity index (χ3v) is 6.31. The molecule has 0 amide bonds. The van der Waals surface area contributed by atoms with Crippen LogP contribution in [0.5, 0.6) is 0 Å². The Bertz CT molecular complexity index is 695. The molecule has 0 aromatic heterocycles. The lowest BCUT2D eigenvalue weighted by Gasteiger charge is -2.34. The number of nitrogens with zero attached hydrogens (tertiary/aromatic N) is 1. The summed E-state index contributed by atoms with van der Waals surface area (Å²) in [7, 11) is -3.85. The number of sulfonamides is 1. The molecule has 1 aromatic rings. The molecule has 5 nitrogen and oxygen atoms in total. The van der Waals surface area contributed by atoms with Crippen LogP contribution in [0.25, 0.3) is 0 Å². The molecular formula is C14H17Cl2NO4S. The first-order valence-corrected chi connectivity index (χ1v) is 9.05. The number of piperidine rings is 1. The van der Waals surface area contributed by atoms with E-state index in [0.717, 1.165) is 18.6 Å². The molecule has 122 valence electrons. The highest BCUT2D eigenvalue weighted by molar-refractivity contribution is 7.89. The van der Waals surface area contributed by atoms with Crippen molar-refractivity contribution in [3.63, 3.8) is 0 Å². The van der Waals surface area contributed by atoms with Crippen LogP contribution in [0.4, 0.5) is 0 Å². The minimum atomic E-state index is -3.85. The predicted octanol–water partition coefficient (Wildman–Crippen LogP) is 3.36. The largest absolute Gasteiger partial charge is 0.478 e. The maximum Gasteiger partial charge on any atom is 0.337 e. The highest BCUT2D eigenvalue weighted by atomic mass is 35.5. The molecule has 2 atom stereocenters. The summed E-state index contributed by atoms with van der Waals surface area (Å²) >= 11 is 11.8. The van der Waals surface area contributed by atoms with Crippen LogP contribution < -0.4 is 0 Å². The minimum Gasteiger partial charge on any atom is -0.478 e. The molecule has 0 radical (unpaired) electrons. The van der Waals surface area contributed by atoms with Gasteiger partial charge in [0, 0.05) is 13.1 Å². The maximum absolute atomic E-state index is 12.8. The Balaban J connectivity index is 2.49. The molecule has 8 heteroatoms. The molecule has 1 aromatic carbocycles. The van der Waals surface area contributed by atoms with Crippen molar-refractivity contribution in [1.29, 1.82) is 0 Å². The zero-order valence-electron chi connectivity index (χ0n) is 12.2. The van der Waals surface area contributed by atoms with Gasteiger partial charge >= 0.3 is 5.97 Å². The van der Waals surface area contributed by atoms with Crippen LogP contribution in [0.15, 0.2) is 17.0 Å². The molecule has 1 aliphatic heterocycles. The summed E-state index contributed by atoms with van der Waals surface area (Å²) in [5.74, 6) is -0.814. The first-order chi connectivity index (χ1) is 10.1. The Hall–Kier alpha value is -0.820. The van der Waals surface area contributed by atoms with Gasteiger partial charge in [-0.05, 0) is 30.4 Å². The lowest BCUT2D eigenvalue weighted by molar-refractivity contribution is 0.0697. The zero-order valence-corrected chi connectivity index (χ0v) is 14.5. The second kappa shape index (κ2) is 6.35. The second-order valence-electron chi connectivity index (χ2n) is 5.84. The smallest absolute Gasteiger partial charge is 0.337 e.